The highest BCUT2D eigenvalue weighted by Gasteiger charge is 2.24. The molecule has 1 aromatic heterocycles. The van der Waals surface area contributed by atoms with Gasteiger partial charge in [-0.15, -0.1) is 0 Å². The number of hydrogen-bond acceptors (Lipinski definition) is 4. The molecule has 3 aromatic rings. The van der Waals surface area contributed by atoms with Crippen LogP contribution in [0.25, 0.3) is 10.9 Å². The molecule has 1 unspecified atom stereocenters. The number of anilines is 2. The molecule has 3 N–H and O–H groups in total. The van der Waals surface area contributed by atoms with Gasteiger partial charge < -0.3 is 15.4 Å². The summed E-state index contributed by atoms with van der Waals surface area (Å²) in [6, 6.07) is 10.9. The molecule has 7 nitrogen and oxygen atoms in total. The Labute approximate surface area is 143 Å². The summed E-state index contributed by atoms with van der Waals surface area (Å²) in [7, 11) is 0. The molecule has 2 heterocycles. The number of aromatic nitrogens is 2. The predicted molar refractivity (Wildman–Crippen MR) is 93.9 cm³/mol. The number of aryl methyl sites for hydroxylation is 1. The minimum absolute atomic E-state index is 0.218. The first-order valence-corrected chi connectivity index (χ1v) is 7.89. The second-order valence-corrected chi connectivity index (χ2v) is 6.04. The quantitative estimate of drug-likeness (QED) is 0.670. The first-order chi connectivity index (χ1) is 12.0. The highest BCUT2D eigenvalue weighted by atomic mass is 16.5. The minimum Gasteiger partial charge on any atom is -0.479 e. The van der Waals surface area contributed by atoms with Crippen LogP contribution in [0.1, 0.15) is 23.0 Å². The molecule has 1 atom stereocenters. The Bertz CT molecular complexity index is 1010. The molecule has 0 saturated carbocycles. The number of carbonyl (C=O) groups excluding carboxylic acids is 2. The lowest BCUT2D eigenvalue weighted by molar-refractivity contribution is -0.122. The van der Waals surface area contributed by atoms with Crippen LogP contribution in [0.3, 0.4) is 0 Å². The first kappa shape index (κ1) is 15.2. The maximum atomic E-state index is 12.6. The molecular formula is C18H16N4O3. The van der Waals surface area contributed by atoms with Crippen LogP contribution in [0.4, 0.5) is 11.4 Å². The van der Waals surface area contributed by atoms with Crippen molar-refractivity contribution in [2.45, 2.75) is 20.0 Å². The van der Waals surface area contributed by atoms with Crippen molar-refractivity contribution in [1.29, 1.82) is 0 Å². The number of rotatable bonds is 2. The number of ether oxygens (including phenoxy) is 1. The molecule has 126 valence electrons. The predicted octanol–water partition coefficient (Wildman–Crippen LogP) is 2.84. The fraction of sp³-hybridized carbons (Fsp3) is 0.167. The van der Waals surface area contributed by atoms with E-state index in [0.29, 0.717) is 22.8 Å². The Morgan fingerprint density at radius 2 is 2.08 bits per heavy atom. The van der Waals surface area contributed by atoms with E-state index in [2.05, 4.69) is 20.8 Å². The van der Waals surface area contributed by atoms with Crippen molar-refractivity contribution in [3.8, 4) is 5.75 Å². The Morgan fingerprint density at radius 3 is 2.92 bits per heavy atom. The van der Waals surface area contributed by atoms with Crippen LogP contribution in [0.5, 0.6) is 5.75 Å². The monoisotopic (exact) mass is 336 g/mol. The van der Waals surface area contributed by atoms with E-state index < -0.39 is 6.10 Å². The van der Waals surface area contributed by atoms with Gasteiger partial charge in [0.1, 0.15) is 5.75 Å². The number of nitrogens with one attached hydrogen (secondary N) is 3. The average molecular weight is 336 g/mol. The van der Waals surface area contributed by atoms with Crippen LogP contribution < -0.4 is 15.4 Å². The van der Waals surface area contributed by atoms with E-state index in [0.717, 1.165) is 16.5 Å². The SMILES string of the molecule is Cc1ccc2[nH]nc(C(=O)Nc3ccc4c(c3)NC(=O)C(C)O4)c2c1. The van der Waals surface area contributed by atoms with E-state index in [-0.39, 0.29) is 11.8 Å². The van der Waals surface area contributed by atoms with Gasteiger partial charge >= 0.3 is 0 Å². The lowest BCUT2D eigenvalue weighted by Gasteiger charge is -2.23. The average Bonchev–Trinajstić information content (AvgIpc) is 2.99. The topological polar surface area (TPSA) is 96.1 Å². The minimum atomic E-state index is -0.536. The zero-order chi connectivity index (χ0) is 17.6. The van der Waals surface area contributed by atoms with Crippen LogP contribution in [0, 0.1) is 6.92 Å². The molecule has 2 aromatic carbocycles. The number of amides is 2. The van der Waals surface area contributed by atoms with E-state index in [4.69, 9.17) is 4.74 Å². The molecule has 7 heteroatoms. The van der Waals surface area contributed by atoms with Gasteiger partial charge in [-0.25, -0.2) is 0 Å². The zero-order valence-electron chi connectivity index (χ0n) is 13.7. The maximum Gasteiger partial charge on any atom is 0.276 e. The van der Waals surface area contributed by atoms with Crippen LogP contribution in [-0.2, 0) is 4.79 Å². The number of benzene rings is 2. The summed E-state index contributed by atoms with van der Waals surface area (Å²) < 4.78 is 5.50. The van der Waals surface area contributed by atoms with Gasteiger partial charge in [-0.05, 0) is 44.2 Å². The molecule has 1 aliphatic heterocycles. The molecule has 0 aliphatic carbocycles. The highest BCUT2D eigenvalue weighted by molar-refractivity contribution is 6.11. The molecule has 0 bridgehead atoms. The summed E-state index contributed by atoms with van der Waals surface area (Å²) in [4.78, 5) is 24.3. The van der Waals surface area contributed by atoms with Gasteiger partial charge in [-0.3, -0.25) is 14.7 Å². The lowest BCUT2D eigenvalue weighted by Crippen LogP contribution is -2.34. The third-order valence-electron chi connectivity index (χ3n) is 4.10. The second kappa shape index (κ2) is 5.62. The van der Waals surface area contributed by atoms with Crippen LogP contribution in [-0.4, -0.2) is 28.1 Å². The van der Waals surface area contributed by atoms with Gasteiger partial charge in [0.2, 0.25) is 0 Å². The van der Waals surface area contributed by atoms with Crippen molar-refractivity contribution in [3.63, 3.8) is 0 Å². The van der Waals surface area contributed by atoms with Gasteiger partial charge in [0, 0.05) is 11.1 Å². The third-order valence-corrected chi connectivity index (χ3v) is 4.10. The molecule has 4 rings (SSSR count). The van der Waals surface area contributed by atoms with E-state index in [1.54, 1.807) is 25.1 Å². The Hall–Kier alpha value is -3.35. The third kappa shape index (κ3) is 2.69. The largest absolute Gasteiger partial charge is 0.479 e. The molecule has 0 saturated heterocycles. The van der Waals surface area contributed by atoms with Crippen molar-refractivity contribution in [2.24, 2.45) is 0 Å². The van der Waals surface area contributed by atoms with Crippen molar-refractivity contribution in [3.05, 3.63) is 47.7 Å². The number of H-pyrrole nitrogens is 1. The first-order valence-electron chi connectivity index (χ1n) is 7.89. The Balaban J connectivity index is 1.61. The van der Waals surface area contributed by atoms with Crippen molar-refractivity contribution in [2.75, 3.05) is 10.6 Å². The van der Waals surface area contributed by atoms with Crippen LogP contribution in [0.2, 0.25) is 0 Å². The fourth-order valence-corrected chi connectivity index (χ4v) is 2.78. The maximum absolute atomic E-state index is 12.6. The number of fused-ring (bicyclic) bond motifs is 2. The fourth-order valence-electron chi connectivity index (χ4n) is 2.78. The van der Waals surface area contributed by atoms with Crippen molar-refractivity contribution in [1.82, 2.24) is 10.2 Å². The van der Waals surface area contributed by atoms with Crippen molar-refractivity contribution >= 4 is 34.1 Å². The molecule has 0 spiro atoms. The van der Waals surface area contributed by atoms with E-state index in [9.17, 15) is 9.59 Å². The second-order valence-electron chi connectivity index (χ2n) is 6.04. The van der Waals surface area contributed by atoms with E-state index in [1.807, 2.05) is 25.1 Å². The van der Waals surface area contributed by atoms with Gasteiger partial charge in [0.15, 0.2) is 11.8 Å². The van der Waals surface area contributed by atoms with Gasteiger partial charge in [0.05, 0.1) is 11.2 Å². The molecule has 0 radical (unpaired) electrons. The van der Waals surface area contributed by atoms with Crippen LogP contribution in [0.15, 0.2) is 36.4 Å². The lowest BCUT2D eigenvalue weighted by atomic mass is 10.1. The molecule has 1 aliphatic rings. The summed E-state index contributed by atoms with van der Waals surface area (Å²) in [5, 5.41) is 13.3. The standard InChI is InChI=1S/C18H16N4O3/c1-9-3-5-13-12(7-9)16(22-21-13)18(24)19-11-4-6-15-14(8-11)20-17(23)10(2)25-15/h3-8,10H,1-2H3,(H,19,24)(H,20,23)(H,21,22). The number of hydrogen-bond donors (Lipinski definition) is 3. The number of nitrogens with zero attached hydrogens (tertiary/aromatic N) is 1. The highest BCUT2D eigenvalue weighted by Crippen LogP contribution is 2.32. The van der Waals surface area contributed by atoms with Gasteiger partial charge in [-0.1, -0.05) is 11.6 Å². The summed E-state index contributed by atoms with van der Waals surface area (Å²) in [5.74, 6) is 0.0314. The Kier molecular flexibility index (Phi) is 3.42. The van der Waals surface area contributed by atoms with Gasteiger partial charge in [0.25, 0.3) is 11.8 Å². The Morgan fingerprint density at radius 1 is 1.24 bits per heavy atom. The summed E-state index contributed by atoms with van der Waals surface area (Å²) in [6.45, 7) is 3.64. The molecule has 2 amide bonds. The summed E-state index contributed by atoms with van der Waals surface area (Å²) >= 11 is 0. The van der Waals surface area contributed by atoms with Crippen LogP contribution >= 0.6 is 0 Å². The summed E-state index contributed by atoms with van der Waals surface area (Å²) in [5.41, 5.74) is 3.25. The van der Waals surface area contributed by atoms with E-state index in [1.165, 1.54) is 0 Å². The van der Waals surface area contributed by atoms with Gasteiger partial charge in [-0.2, -0.15) is 5.10 Å². The molecule has 0 fully saturated rings. The molecule has 25 heavy (non-hydrogen) atoms. The van der Waals surface area contributed by atoms with E-state index >= 15 is 0 Å². The number of aromatic amines is 1. The smallest absolute Gasteiger partial charge is 0.276 e. The normalized spacial score (nSPS) is 16.1. The molecular weight excluding hydrogens is 320 g/mol. The number of carbonyl (C=O) groups is 2. The van der Waals surface area contributed by atoms with Crippen molar-refractivity contribution < 1.29 is 14.3 Å². The summed E-state index contributed by atoms with van der Waals surface area (Å²) in [6.07, 6.45) is -0.536. The zero-order valence-corrected chi connectivity index (χ0v) is 13.7.